The van der Waals surface area contributed by atoms with Gasteiger partial charge in [0.1, 0.15) is 22.4 Å². The van der Waals surface area contributed by atoms with E-state index in [2.05, 4.69) is 0 Å². The lowest BCUT2D eigenvalue weighted by molar-refractivity contribution is -0.134. The van der Waals surface area contributed by atoms with Crippen molar-refractivity contribution in [2.45, 2.75) is 23.8 Å². The van der Waals surface area contributed by atoms with Crippen LogP contribution in [0.3, 0.4) is 0 Å². The number of halogens is 1. The van der Waals surface area contributed by atoms with Gasteiger partial charge in [0.15, 0.2) is 0 Å². The fourth-order valence-electron chi connectivity index (χ4n) is 4.48. The molecule has 1 aromatic carbocycles. The Balaban J connectivity index is 1.48. The standard InChI is InChI=1S/C22H27FN4O5S/c1-24-15-16(14-20(24)22(29)32-2)33(30,31)27-9-5-8-19(27)21(28)26-12-10-25(11-13-26)18-7-4-3-6-17(18)23/h3-4,6-7,14-15,19H,5,8-13H2,1-2H3. The van der Waals surface area contributed by atoms with Crippen LogP contribution in [0.2, 0.25) is 0 Å². The van der Waals surface area contributed by atoms with Crippen LogP contribution in [0, 0.1) is 5.82 Å². The molecule has 11 heteroatoms. The number of carbonyl (C=O) groups excluding carboxylic acids is 2. The smallest absolute Gasteiger partial charge is 0.354 e. The normalized spacial score (nSPS) is 19.7. The minimum Gasteiger partial charge on any atom is -0.464 e. The highest BCUT2D eigenvalue weighted by Gasteiger charge is 2.42. The van der Waals surface area contributed by atoms with Gasteiger partial charge in [-0.3, -0.25) is 4.79 Å². The monoisotopic (exact) mass is 478 g/mol. The lowest BCUT2D eigenvalue weighted by Gasteiger charge is -2.38. The predicted molar refractivity (Wildman–Crippen MR) is 119 cm³/mol. The number of carbonyl (C=O) groups is 2. The van der Waals surface area contributed by atoms with Crippen LogP contribution in [-0.4, -0.2) is 79.9 Å². The number of nitrogens with zero attached hydrogens (tertiary/aromatic N) is 4. The molecule has 0 bridgehead atoms. The van der Waals surface area contributed by atoms with Crippen LogP contribution in [0.25, 0.3) is 0 Å². The number of benzene rings is 1. The molecule has 0 N–H and O–H groups in total. The number of methoxy groups -OCH3 is 1. The van der Waals surface area contributed by atoms with Gasteiger partial charge in [0, 0.05) is 46.0 Å². The minimum absolute atomic E-state index is 0.0468. The van der Waals surface area contributed by atoms with Gasteiger partial charge in [0.25, 0.3) is 0 Å². The van der Waals surface area contributed by atoms with E-state index < -0.39 is 22.0 Å². The summed E-state index contributed by atoms with van der Waals surface area (Å²) in [4.78, 5) is 28.7. The molecule has 2 fully saturated rings. The Kier molecular flexibility index (Phi) is 6.44. The van der Waals surface area contributed by atoms with Gasteiger partial charge in [-0.2, -0.15) is 4.31 Å². The second kappa shape index (κ2) is 9.14. The summed E-state index contributed by atoms with van der Waals surface area (Å²) < 4.78 is 48.1. The highest BCUT2D eigenvalue weighted by Crippen LogP contribution is 2.29. The van der Waals surface area contributed by atoms with E-state index in [0.29, 0.717) is 44.7 Å². The summed E-state index contributed by atoms with van der Waals surface area (Å²) in [6.07, 6.45) is 2.36. The summed E-state index contributed by atoms with van der Waals surface area (Å²) in [7, 11) is -1.19. The van der Waals surface area contributed by atoms with E-state index in [1.807, 2.05) is 4.90 Å². The van der Waals surface area contributed by atoms with Crippen LogP contribution in [0.4, 0.5) is 10.1 Å². The zero-order chi connectivity index (χ0) is 23.8. The van der Waals surface area contributed by atoms with Crippen molar-refractivity contribution >= 4 is 27.6 Å². The van der Waals surface area contributed by atoms with Gasteiger partial charge in [-0.15, -0.1) is 0 Å². The fraction of sp³-hybridized carbons (Fsp3) is 0.455. The van der Waals surface area contributed by atoms with Crippen LogP contribution in [-0.2, 0) is 26.6 Å². The molecule has 0 aliphatic carbocycles. The van der Waals surface area contributed by atoms with E-state index in [1.54, 1.807) is 30.1 Å². The maximum Gasteiger partial charge on any atom is 0.354 e. The summed E-state index contributed by atoms with van der Waals surface area (Å²) >= 11 is 0. The van der Waals surface area contributed by atoms with Crippen molar-refractivity contribution in [3.8, 4) is 0 Å². The molecule has 9 nitrogen and oxygen atoms in total. The molecule has 0 radical (unpaired) electrons. The highest BCUT2D eigenvalue weighted by molar-refractivity contribution is 7.89. The van der Waals surface area contributed by atoms with E-state index in [9.17, 15) is 22.4 Å². The van der Waals surface area contributed by atoms with E-state index in [4.69, 9.17) is 4.74 Å². The number of para-hydroxylation sites is 1. The predicted octanol–water partition coefficient (Wildman–Crippen LogP) is 1.45. The fourth-order valence-corrected chi connectivity index (χ4v) is 6.20. The van der Waals surface area contributed by atoms with Crippen molar-refractivity contribution in [1.29, 1.82) is 0 Å². The average Bonchev–Trinajstić information content (AvgIpc) is 3.46. The van der Waals surface area contributed by atoms with Crippen LogP contribution in [0.5, 0.6) is 0 Å². The lowest BCUT2D eigenvalue weighted by atomic mass is 10.1. The molecule has 1 amide bonds. The molecule has 2 saturated heterocycles. The van der Waals surface area contributed by atoms with Crippen LogP contribution in [0.15, 0.2) is 41.4 Å². The molecule has 2 aliphatic heterocycles. The van der Waals surface area contributed by atoms with Crippen LogP contribution >= 0.6 is 0 Å². The SMILES string of the molecule is COC(=O)c1cc(S(=O)(=O)N2CCCC2C(=O)N2CCN(c3ccccc3F)CC2)cn1C. The summed E-state index contributed by atoms with van der Waals surface area (Å²) in [6, 6.07) is 7.00. The van der Waals surface area contributed by atoms with Gasteiger partial charge in [-0.25, -0.2) is 17.6 Å². The summed E-state index contributed by atoms with van der Waals surface area (Å²) in [5, 5.41) is 0. The number of sulfonamides is 1. The first-order chi connectivity index (χ1) is 15.7. The van der Waals surface area contributed by atoms with Gasteiger partial charge < -0.3 is 19.1 Å². The zero-order valence-electron chi connectivity index (χ0n) is 18.6. The topological polar surface area (TPSA) is 92.2 Å². The van der Waals surface area contributed by atoms with Gasteiger partial charge in [0.2, 0.25) is 15.9 Å². The number of aromatic nitrogens is 1. The maximum absolute atomic E-state index is 14.1. The number of esters is 1. The first-order valence-electron chi connectivity index (χ1n) is 10.8. The van der Waals surface area contributed by atoms with E-state index >= 15 is 0 Å². The second-order valence-electron chi connectivity index (χ2n) is 8.20. The number of anilines is 1. The summed E-state index contributed by atoms with van der Waals surface area (Å²) in [6.45, 7) is 1.93. The van der Waals surface area contributed by atoms with Gasteiger partial charge in [-0.1, -0.05) is 12.1 Å². The molecule has 0 spiro atoms. The number of rotatable bonds is 5. The Morgan fingerprint density at radius 2 is 1.79 bits per heavy atom. The van der Waals surface area contributed by atoms with Gasteiger partial charge in [0.05, 0.1) is 12.8 Å². The van der Waals surface area contributed by atoms with Crippen molar-refractivity contribution in [2.24, 2.45) is 7.05 Å². The number of aryl methyl sites for hydroxylation is 1. The molecule has 1 unspecified atom stereocenters. The Bertz CT molecular complexity index is 1160. The average molecular weight is 479 g/mol. The Labute approximate surface area is 192 Å². The third kappa shape index (κ3) is 4.34. The molecule has 178 valence electrons. The molecular formula is C22H27FN4O5S. The minimum atomic E-state index is -3.98. The number of hydrogen-bond acceptors (Lipinski definition) is 6. The molecule has 3 heterocycles. The van der Waals surface area contributed by atoms with Crippen molar-refractivity contribution in [3.05, 3.63) is 48.0 Å². The van der Waals surface area contributed by atoms with Crippen LogP contribution < -0.4 is 4.90 Å². The van der Waals surface area contributed by atoms with Crippen molar-refractivity contribution in [1.82, 2.24) is 13.8 Å². The zero-order valence-corrected chi connectivity index (χ0v) is 19.4. The van der Waals surface area contributed by atoms with E-state index in [-0.39, 0.29) is 28.9 Å². The molecule has 1 aromatic heterocycles. The molecular weight excluding hydrogens is 451 g/mol. The first kappa shape index (κ1) is 23.2. The number of ether oxygens (including phenoxy) is 1. The number of piperazine rings is 1. The molecule has 2 aromatic rings. The van der Waals surface area contributed by atoms with Gasteiger partial charge >= 0.3 is 5.97 Å². The first-order valence-corrected chi connectivity index (χ1v) is 12.2. The quantitative estimate of drug-likeness (QED) is 0.604. The van der Waals surface area contributed by atoms with E-state index in [1.165, 1.54) is 34.3 Å². The number of hydrogen-bond donors (Lipinski definition) is 0. The maximum atomic E-state index is 14.1. The largest absolute Gasteiger partial charge is 0.464 e. The van der Waals surface area contributed by atoms with E-state index in [0.717, 1.165) is 0 Å². The Hall–Kier alpha value is -2.92. The molecule has 33 heavy (non-hydrogen) atoms. The molecule has 2 aliphatic rings. The molecule has 1 atom stereocenters. The van der Waals surface area contributed by atoms with Crippen molar-refractivity contribution in [2.75, 3.05) is 44.7 Å². The van der Waals surface area contributed by atoms with Gasteiger partial charge in [-0.05, 0) is 31.0 Å². The third-order valence-electron chi connectivity index (χ3n) is 6.25. The summed E-state index contributed by atoms with van der Waals surface area (Å²) in [5.74, 6) is -1.19. The Morgan fingerprint density at radius 1 is 1.09 bits per heavy atom. The van der Waals surface area contributed by atoms with Crippen LogP contribution in [0.1, 0.15) is 23.3 Å². The highest BCUT2D eigenvalue weighted by atomic mass is 32.2. The number of amides is 1. The Morgan fingerprint density at radius 3 is 2.45 bits per heavy atom. The molecule has 4 rings (SSSR count). The van der Waals surface area contributed by atoms with Crippen molar-refractivity contribution in [3.63, 3.8) is 0 Å². The van der Waals surface area contributed by atoms with Crippen molar-refractivity contribution < 1.29 is 27.1 Å². The molecule has 0 saturated carbocycles. The third-order valence-corrected chi connectivity index (χ3v) is 8.13. The lowest BCUT2D eigenvalue weighted by Crippen LogP contribution is -2.54. The summed E-state index contributed by atoms with van der Waals surface area (Å²) in [5.41, 5.74) is 0.613. The second-order valence-corrected chi connectivity index (χ2v) is 10.1.